The molecule has 0 unspecified atom stereocenters. The van der Waals surface area contributed by atoms with Gasteiger partial charge in [-0.2, -0.15) is 0 Å². The Balaban J connectivity index is 1.36. The minimum Gasteiger partial charge on any atom is -0.493 e. The fraction of sp³-hybridized carbons (Fsp3) is 0.370. The number of likely N-dealkylation sites (tertiary alicyclic amines) is 1. The number of amides is 1. The molecule has 2 bridgehead atoms. The molecular formula is C27H28Cl2FN5O3. The van der Waals surface area contributed by atoms with Crippen molar-refractivity contribution in [3.63, 3.8) is 0 Å². The zero-order valence-corrected chi connectivity index (χ0v) is 22.8. The lowest BCUT2D eigenvalue weighted by molar-refractivity contribution is -0.142. The summed E-state index contributed by atoms with van der Waals surface area (Å²) < 4.78 is 26.8. The molecular weight excluding hydrogens is 532 g/mol. The summed E-state index contributed by atoms with van der Waals surface area (Å²) >= 11 is 11.9. The van der Waals surface area contributed by atoms with Gasteiger partial charge >= 0.3 is 0 Å². The monoisotopic (exact) mass is 559 g/mol. The highest BCUT2D eigenvalue weighted by atomic mass is 35.5. The molecule has 8 nitrogen and oxygen atoms in total. The van der Waals surface area contributed by atoms with Crippen molar-refractivity contribution in [3.8, 4) is 11.5 Å². The number of carbonyl (C=O) groups is 1. The van der Waals surface area contributed by atoms with E-state index in [2.05, 4.69) is 15.3 Å². The number of hydrogen-bond acceptors (Lipinski definition) is 7. The second-order valence-corrected chi connectivity index (χ2v) is 10.6. The Bertz CT molecular complexity index is 1390. The molecule has 38 heavy (non-hydrogen) atoms. The molecule has 2 heterocycles. The molecule has 11 heteroatoms. The summed E-state index contributed by atoms with van der Waals surface area (Å²) in [5.74, 6) is 1.28. The fourth-order valence-corrected chi connectivity index (χ4v) is 5.31. The quantitative estimate of drug-likeness (QED) is 0.301. The van der Waals surface area contributed by atoms with E-state index in [1.165, 1.54) is 18.5 Å². The number of likely N-dealkylation sites (N-methyl/N-ethyl adjacent to an activating group) is 1. The van der Waals surface area contributed by atoms with Gasteiger partial charge in [0.15, 0.2) is 17.3 Å². The van der Waals surface area contributed by atoms with Crippen molar-refractivity contribution in [2.75, 3.05) is 46.2 Å². The average molecular weight is 560 g/mol. The normalized spacial score (nSPS) is 20.6. The van der Waals surface area contributed by atoms with Crippen molar-refractivity contribution >= 4 is 51.5 Å². The first kappa shape index (κ1) is 26.5. The lowest BCUT2D eigenvalue weighted by Gasteiger charge is -2.52. The molecule has 1 aliphatic heterocycles. The minimum atomic E-state index is -0.672. The van der Waals surface area contributed by atoms with Crippen LogP contribution in [-0.4, -0.2) is 72.6 Å². The Hall–Kier alpha value is -3.14. The van der Waals surface area contributed by atoms with Gasteiger partial charge < -0.3 is 24.6 Å². The Morgan fingerprint density at radius 3 is 2.68 bits per heavy atom. The molecule has 3 aromatic rings. The SMILES string of the molecule is COc1cc2ncnc(Nc3ccc(Cl)c(Cl)c3F)c2cc1O[C@H]1[C@@H]2C[C@H]1CN(C(=O)/C=C/CN(C)C)C2. The lowest BCUT2D eigenvalue weighted by Crippen LogP contribution is -2.61. The van der Waals surface area contributed by atoms with Crippen LogP contribution in [0.2, 0.25) is 10.0 Å². The Morgan fingerprint density at radius 2 is 1.97 bits per heavy atom. The average Bonchev–Trinajstić information content (AvgIpc) is 2.91. The van der Waals surface area contributed by atoms with Crippen molar-refractivity contribution in [1.29, 1.82) is 0 Å². The molecule has 1 aromatic heterocycles. The number of benzene rings is 2. The Labute approximate surface area is 230 Å². The largest absolute Gasteiger partial charge is 0.493 e. The van der Waals surface area contributed by atoms with E-state index in [9.17, 15) is 9.18 Å². The Morgan fingerprint density at radius 1 is 1.21 bits per heavy atom. The highest BCUT2D eigenvalue weighted by Crippen LogP contribution is 2.45. The van der Waals surface area contributed by atoms with E-state index < -0.39 is 5.82 Å². The molecule has 1 N–H and O–H groups in total. The third kappa shape index (κ3) is 5.23. The van der Waals surface area contributed by atoms with E-state index in [1.807, 2.05) is 30.0 Å². The van der Waals surface area contributed by atoms with Crippen molar-refractivity contribution in [2.45, 2.75) is 12.5 Å². The van der Waals surface area contributed by atoms with E-state index >= 15 is 0 Å². The summed E-state index contributed by atoms with van der Waals surface area (Å²) in [5, 5.41) is 3.57. The number of hydrogen-bond donors (Lipinski definition) is 1. The molecule has 0 spiro atoms. The molecule has 5 rings (SSSR count). The lowest BCUT2D eigenvalue weighted by atomic mass is 9.68. The zero-order valence-electron chi connectivity index (χ0n) is 21.2. The number of halogens is 3. The molecule has 1 amide bonds. The van der Waals surface area contributed by atoms with E-state index in [0.29, 0.717) is 41.3 Å². The molecule has 3 atom stereocenters. The van der Waals surface area contributed by atoms with Crippen molar-refractivity contribution < 1.29 is 18.7 Å². The van der Waals surface area contributed by atoms with Crippen LogP contribution in [0, 0.1) is 17.7 Å². The summed E-state index contributed by atoms with van der Waals surface area (Å²) in [7, 11) is 5.50. The first-order valence-electron chi connectivity index (χ1n) is 12.2. The topological polar surface area (TPSA) is 79.8 Å². The smallest absolute Gasteiger partial charge is 0.246 e. The van der Waals surface area contributed by atoms with Crippen LogP contribution in [-0.2, 0) is 4.79 Å². The number of nitrogens with one attached hydrogen (secondary N) is 1. The minimum absolute atomic E-state index is 0.0330. The number of nitrogens with zero attached hydrogens (tertiary/aromatic N) is 4. The number of rotatable bonds is 8. The van der Waals surface area contributed by atoms with E-state index in [0.717, 1.165) is 13.0 Å². The van der Waals surface area contributed by atoms with Crippen LogP contribution in [0.5, 0.6) is 11.5 Å². The predicted molar refractivity (Wildman–Crippen MR) is 146 cm³/mol. The van der Waals surface area contributed by atoms with Gasteiger partial charge in [0, 0.05) is 49.0 Å². The van der Waals surface area contributed by atoms with Gasteiger partial charge in [0.2, 0.25) is 5.91 Å². The van der Waals surface area contributed by atoms with Crippen molar-refractivity contribution in [2.24, 2.45) is 11.8 Å². The van der Waals surface area contributed by atoms with Gasteiger partial charge in [-0.25, -0.2) is 14.4 Å². The number of piperidine rings is 2. The van der Waals surface area contributed by atoms with Crippen LogP contribution in [0.3, 0.4) is 0 Å². The van der Waals surface area contributed by atoms with Gasteiger partial charge in [-0.05, 0) is 38.7 Å². The van der Waals surface area contributed by atoms with Gasteiger partial charge in [-0.15, -0.1) is 0 Å². The van der Waals surface area contributed by atoms with E-state index in [-0.39, 0.29) is 39.6 Å². The fourth-order valence-electron chi connectivity index (χ4n) is 5.00. The molecule has 2 aromatic carbocycles. The maximum absolute atomic E-state index is 14.7. The van der Waals surface area contributed by atoms with Crippen LogP contribution in [0.25, 0.3) is 10.9 Å². The molecule has 1 saturated heterocycles. The van der Waals surface area contributed by atoms with Crippen LogP contribution in [0.1, 0.15) is 6.42 Å². The number of anilines is 2. The number of ether oxygens (including phenoxy) is 2. The standard InChI is InChI=1S/C27H28Cl2FN5O3/c1-34(2)8-4-5-23(36)35-12-15-9-16(13-35)26(15)38-22-10-17-20(11-21(22)37-3)31-14-32-27(17)33-19-7-6-18(28)24(29)25(19)30/h4-7,10-11,14-16,26H,8-9,12-13H2,1-3H3,(H,31,32,33)/b5-4+/t15-,16+,26+. The molecule has 200 valence electrons. The molecule has 2 fully saturated rings. The van der Waals surface area contributed by atoms with Crippen molar-refractivity contribution in [3.05, 3.63) is 58.6 Å². The molecule has 1 aliphatic carbocycles. The van der Waals surface area contributed by atoms with Gasteiger partial charge in [-0.3, -0.25) is 4.79 Å². The van der Waals surface area contributed by atoms with E-state index in [4.69, 9.17) is 32.7 Å². The summed E-state index contributed by atoms with van der Waals surface area (Å²) in [4.78, 5) is 25.2. The van der Waals surface area contributed by atoms with Gasteiger partial charge in [-0.1, -0.05) is 29.3 Å². The van der Waals surface area contributed by atoms with Crippen molar-refractivity contribution in [1.82, 2.24) is 19.8 Å². The highest BCUT2D eigenvalue weighted by molar-refractivity contribution is 6.42. The molecule has 0 radical (unpaired) electrons. The number of carbonyl (C=O) groups excluding carboxylic acids is 1. The second-order valence-electron chi connectivity index (χ2n) is 9.84. The Kier molecular flexibility index (Phi) is 7.61. The predicted octanol–water partition coefficient (Wildman–Crippen LogP) is 5.17. The zero-order chi connectivity index (χ0) is 27.0. The first-order chi connectivity index (χ1) is 18.2. The summed E-state index contributed by atoms with van der Waals surface area (Å²) in [5.41, 5.74) is 0.734. The summed E-state index contributed by atoms with van der Waals surface area (Å²) in [6, 6.07) is 6.57. The third-order valence-corrected chi connectivity index (χ3v) is 7.74. The first-order valence-corrected chi connectivity index (χ1v) is 13.0. The molecule has 1 saturated carbocycles. The number of aromatic nitrogens is 2. The maximum atomic E-state index is 14.7. The van der Waals surface area contributed by atoms with Crippen LogP contribution < -0.4 is 14.8 Å². The van der Waals surface area contributed by atoms with Gasteiger partial charge in [0.05, 0.1) is 28.4 Å². The highest BCUT2D eigenvalue weighted by Gasteiger charge is 2.49. The van der Waals surface area contributed by atoms with Gasteiger partial charge in [0.25, 0.3) is 0 Å². The summed E-state index contributed by atoms with van der Waals surface area (Å²) in [6.45, 7) is 2.02. The van der Waals surface area contributed by atoms with Crippen LogP contribution in [0.4, 0.5) is 15.9 Å². The van der Waals surface area contributed by atoms with Crippen LogP contribution >= 0.6 is 23.2 Å². The number of methoxy groups -OCH3 is 1. The van der Waals surface area contributed by atoms with Crippen LogP contribution in [0.15, 0.2) is 42.7 Å². The molecule has 2 aliphatic rings. The summed E-state index contributed by atoms with van der Waals surface area (Å²) in [6.07, 6.45) is 5.89. The maximum Gasteiger partial charge on any atom is 0.246 e. The number of fused-ring (bicyclic) bond motifs is 3. The second kappa shape index (κ2) is 10.9. The van der Waals surface area contributed by atoms with E-state index in [1.54, 1.807) is 25.3 Å². The van der Waals surface area contributed by atoms with Gasteiger partial charge in [0.1, 0.15) is 18.2 Å². The third-order valence-electron chi connectivity index (χ3n) is 6.96.